The van der Waals surface area contributed by atoms with Crippen molar-refractivity contribution in [1.82, 2.24) is 0 Å². The summed E-state index contributed by atoms with van der Waals surface area (Å²) in [5.74, 6) is 1.72. The second kappa shape index (κ2) is 3.11. The monoisotopic (exact) mass is 180 g/mol. The van der Waals surface area contributed by atoms with Gasteiger partial charge in [0.05, 0.1) is 0 Å². The van der Waals surface area contributed by atoms with E-state index in [9.17, 15) is 4.79 Å². The van der Waals surface area contributed by atoms with Crippen molar-refractivity contribution in [1.29, 1.82) is 0 Å². The largest absolute Gasteiger partial charge is 0.299 e. The molecular weight excluding hydrogens is 160 g/mol. The number of carbonyl (C=O) groups is 1. The van der Waals surface area contributed by atoms with Gasteiger partial charge in [-0.05, 0) is 37.0 Å². The molecule has 74 valence electrons. The van der Waals surface area contributed by atoms with Crippen LogP contribution in [0.2, 0.25) is 0 Å². The van der Waals surface area contributed by atoms with E-state index in [2.05, 4.69) is 13.8 Å². The van der Waals surface area contributed by atoms with Crippen LogP contribution in [0.5, 0.6) is 0 Å². The number of ketones is 1. The van der Waals surface area contributed by atoms with Crippen LogP contribution in [0.1, 0.15) is 52.4 Å². The lowest BCUT2D eigenvalue weighted by molar-refractivity contribution is -0.123. The molecule has 0 aromatic rings. The lowest BCUT2D eigenvalue weighted by atomic mass is 9.89. The molecule has 2 aliphatic carbocycles. The third kappa shape index (κ3) is 1.79. The molecule has 1 nitrogen and oxygen atoms in total. The summed E-state index contributed by atoms with van der Waals surface area (Å²) in [5, 5.41) is 0. The normalized spacial score (nSPS) is 38.5. The number of carbonyl (C=O) groups excluding carboxylic acids is 1. The molecule has 1 heteroatoms. The molecular formula is C12H20O. The zero-order valence-electron chi connectivity index (χ0n) is 8.81. The Morgan fingerprint density at radius 1 is 1.23 bits per heavy atom. The van der Waals surface area contributed by atoms with Crippen molar-refractivity contribution in [3.8, 4) is 0 Å². The van der Waals surface area contributed by atoms with Crippen molar-refractivity contribution in [3.05, 3.63) is 0 Å². The highest BCUT2D eigenvalue weighted by Gasteiger charge is 2.42. The molecule has 2 rings (SSSR count). The number of hydrogen-bond donors (Lipinski definition) is 0. The highest BCUT2D eigenvalue weighted by Crippen LogP contribution is 2.48. The molecule has 13 heavy (non-hydrogen) atoms. The molecule has 0 aromatic heterocycles. The number of hydrogen-bond acceptors (Lipinski definition) is 1. The van der Waals surface area contributed by atoms with Gasteiger partial charge in [0.15, 0.2) is 0 Å². The lowest BCUT2D eigenvalue weighted by Gasteiger charge is -2.16. The maximum atomic E-state index is 11.8. The fraction of sp³-hybridized carbons (Fsp3) is 0.917. The van der Waals surface area contributed by atoms with E-state index < -0.39 is 0 Å². The van der Waals surface area contributed by atoms with Crippen LogP contribution in [0.3, 0.4) is 0 Å². The Kier molecular flexibility index (Phi) is 2.21. The highest BCUT2D eigenvalue weighted by atomic mass is 16.1. The molecule has 2 fully saturated rings. The van der Waals surface area contributed by atoms with Gasteiger partial charge in [0.1, 0.15) is 5.78 Å². The Hall–Kier alpha value is -0.330. The highest BCUT2D eigenvalue weighted by molar-refractivity contribution is 5.81. The Balaban J connectivity index is 2.14. The molecule has 0 spiro atoms. The molecule has 0 amide bonds. The van der Waals surface area contributed by atoms with Crippen LogP contribution in [0, 0.1) is 17.3 Å². The van der Waals surface area contributed by atoms with Gasteiger partial charge in [-0.1, -0.05) is 20.3 Å². The molecule has 0 radical (unpaired) electrons. The smallest absolute Gasteiger partial charge is 0.136 e. The number of rotatable bonds is 0. The van der Waals surface area contributed by atoms with Crippen molar-refractivity contribution in [2.75, 3.05) is 0 Å². The summed E-state index contributed by atoms with van der Waals surface area (Å²) in [6.07, 6.45) is 7.02. The topological polar surface area (TPSA) is 17.1 Å². The maximum absolute atomic E-state index is 11.8. The van der Waals surface area contributed by atoms with Crippen molar-refractivity contribution in [2.24, 2.45) is 17.3 Å². The zero-order valence-corrected chi connectivity index (χ0v) is 8.81. The van der Waals surface area contributed by atoms with Gasteiger partial charge >= 0.3 is 0 Å². The Morgan fingerprint density at radius 3 is 2.77 bits per heavy atom. The first-order valence-corrected chi connectivity index (χ1v) is 5.61. The Labute approximate surface area is 80.9 Å². The van der Waals surface area contributed by atoms with Crippen molar-refractivity contribution < 1.29 is 4.79 Å². The summed E-state index contributed by atoms with van der Waals surface area (Å²) in [6.45, 7) is 4.63. The van der Waals surface area contributed by atoms with E-state index in [0.717, 1.165) is 25.2 Å². The second-order valence-electron chi connectivity index (χ2n) is 5.65. The van der Waals surface area contributed by atoms with Gasteiger partial charge in [-0.3, -0.25) is 4.79 Å². The molecule has 0 unspecified atom stereocenters. The summed E-state index contributed by atoms with van der Waals surface area (Å²) in [4.78, 5) is 11.8. The minimum absolute atomic E-state index is 0.428. The van der Waals surface area contributed by atoms with E-state index in [0.29, 0.717) is 17.1 Å². The molecule has 0 aliphatic heterocycles. The van der Waals surface area contributed by atoms with E-state index in [1.165, 1.54) is 19.3 Å². The molecule has 0 N–H and O–H groups in total. The Bertz CT molecular complexity index is 217. The van der Waals surface area contributed by atoms with Gasteiger partial charge in [-0.15, -0.1) is 0 Å². The van der Waals surface area contributed by atoms with Gasteiger partial charge in [0, 0.05) is 12.3 Å². The molecule has 2 atom stereocenters. The average molecular weight is 180 g/mol. The van der Waals surface area contributed by atoms with Crippen LogP contribution in [-0.2, 0) is 4.79 Å². The standard InChI is InChI=1S/C12H20O/c1-12(2)7-9-5-3-4-6-11(13)10(9)8-12/h9-10H,3-8H2,1-2H3/t9-,10-/m1/s1. The second-order valence-corrected chi connectivity index (χ2v) is 5.65. The van der Waals surface area contributed by atoms with Crippen LogP contribution in [-0.4, -0.2) is 5.78 Å². The van der Waals surface area contributed by atoms with Crippen LogP contribution in [0.15, 0.2) is 0 Å². The van der Waals surface area contributed by atoms with Gasteiger partial charge in [0.2, 0.25) is 0 Å². The van der Waals surface area contributed by atoms with E-state index >= 15 is 0 Å². The molecule has 0 bridgehead atoms. The minimum atomic E-state index is 0.428. The fourth-order valence-electron chi connectivity index (χ4n) is 3.27. The molecule has 2 aliphatic rings. The van der Waals surface area contributed by atoms with E-state index in [1.807, 2.05) is 0 Å². The van der Waals surface area contributed by atoms with E-state index in [-0.39, 0.29) is 0 Å². The summed E-state index contributed by atoms with van der Waals surface area (Å²) in [7, 11) is 0. The maximum Gasteiger partial charge on any atom is 0.136 e. The van der Waals surface area contributed by atoms with Gasteiger partial charge in [-0.25, -0.2) is 0 Å². The van der Waals surface area contributed by atoms with Crippen LogP contribution < -0.4 is 0 Å². The van der Waals surface area contributed by atoms with Crippen molar-refractivity contribution in [3.63, 3.8) is 0 Å². The number of Topliss-reactive ketones (excluding diaryl/α,β-unsaturated/α-hetero) is 1. The quantitative estimate of drug-likeness (QED) is 0.559. The van der Waals surface area contributed by atoms with Crippen LogP contribution in [0.4, 0.5) is 0 Å². The molecule has 0 heterocycles. The molecule has 0 aromatic carbocycles. The third-order valence-corrected chi connectivity index (χ3v) is 3.82. The van der Waals surface area contributed by atoms with Gasteiger partial charge in [0.25, 0.3) is 0 Å². The third-order valence-electron chi connectivity index (χ3n) is 3.82. The first-order chi connectivity index (χ1) is 6.08. The fourth-order valence-corrected chi connectivity index (χ4v) is 3.27. The van der Waals surface area contributed by atoms with Crippen molar-refractivity contribution in [2.45, 2.75) is 52.4 Å². The average Bonchev–Trinajstić information content (AvgIpc) is 2.26. The Morgan fingerprint density at radius 2 is 2.00 bits per heavy atom. The summed E-state index contributed by atoms with van der Waals surface area (Å²) in [6, 6.07) is 0. The predicted octanol–water partition coefficient (Wildman–Crippen LogP) is 3.18. The van der Waals surface area contributed by atoms with Crippen LogP contribution >= 0.6 is 0 Å². The summed E-state index contributed by atoms with van der Waals surface area (Å²) < 4.78 is 0. The summed E-state index contributed by atoms with van der Waals surface area (Å²) in [5.41, 5.74) is 0.433. The molecule has 0 saturated heterocycles. The predicted molar refractivity (Wildman–Crippen MR) is 53.5 cm³/mol. The van der Waals surface area contributed by atoms with E-state index in [4.69, 9.17) is 0 Å². The van der Waals surface area contributed by atoms with Gasteiger partial charge in [-0.2, -0.15) is 0 Å². The van der Waals surface area contributed by atoms with Crippen LogP contribution in [0.25, 0.3) is 0 Å². The van der Waals surface area contributed by atoms with E-state index in [1.54, 1.807) is 0 Å². The first-order valence-electron chi connectivity index (χ1n) is 5.61. The zero-order chi connectivity index (χ0) is 9.47. The van der Waals surface area contributed by atoms with Crippen molar-refractivity contribution >= 4 is 5.78 Å². The van der Waals surface area contributed by atoms with Gasteiger partial charge < -0.3 is 0 Å². The number of fused-ring (bicyclic) bond motifs is 1. The SMILES string of the molecule is CC1(C)C[C@H]2CCCCC(=O)[C@@H]2C1. The minimum Gasteiger partial charge on any atom is -0.299 e. The first kappa shape index (κ1) is 9.23. The molecule has 2 saturated carbocycles. The summed E-state index contributed by atoms with van der Waals surface area (Å²) >= 11 is 0. The lowest BCUT2D eigenvalue weighted by Crippen LogP contribution is -2.16.